The molecule has 0 bridgehead atoms. The molecule has 0 aliphatic carbocycles. The van der Waals surface area contributed by atoms with Crippen LogP contribution in [0.15, 0.2) is 12.4 Å². The minimum absolute atomic E-state index is 0.979. The number of likely N-dealkylation sites (N-methyl/N-ethyl adjacent to an activating group) is 1. The zero-order valence-corrected chi connectivity index (χ0v) is 11.2. The van der Waals surface area contributed by atoms with E-state index in [-0.39, 0.29) is 0 Å². The highest BCUT2D eigenvalue weighted by molar-refractivity contribution is 5.38. The largest absolute Gasteiger partial charge is 0.355 e. The van der Waals surface area contributed by atoms with E-state index in [1.807, 2.05) is 7.05 Å². The van der Waals surface area contributed by atoms with Crippen LogP contribution in [0.1, 0.15) is 32.4 Å². The zero-order valence-electron chi connectivity index (χ0n) is 11.2. The third-order valence-corrected chi connectivity index (χ3v) is 2.66. The van der Waals surface area contributed by atoms with Crippen LogP contribution in [-0.4, -0.2) is 36.6 Å². The molecule has 1 heterocycles. The van der Waals surface area contributed by atoms with Crippen molar-refractivity contribution in [3.05, 3.63) is 18.1 Å². The lowest BCUT2D eigenvalue weighted by Gasteiger charge is -2.23. The Bertz CT molecular complexity index is 314. The van der Waals surface area contributed by atoms with Crippen molar-refractivity contribution in [3.8, 4) is 0 Å². The number of aromatic nitrogens is 2. The fourth-order valence-corrected chi connectivity index (χ4v) is 1.81. The van der Waals surface area contributed by atoms with E-state index in [4.69, 9.17) is 0 Å². The van der Waals surface area contributed by atoms with Crippen molar-refractivity contribution in [1.29, 1.82) is 0 Å². The third-order valence-electron chi connectivity index (χ3n) is 2.66. The number of nitrogens with one attached hydrogen (secondary N) is 1. The van der Waals surface area contributed by atoms with Crippen LogP contribution in [-0.2, 0) is 6.42 Å². The van der Waals surface area contributed by atoms with Crippen LogP contribution in [0.4, 0.5) is 5.82 Å². The minimum atomic E-state index is 0.979. The van der Waals surface area contributed by atoms with Gasteiger partial charge in [-0.25, -0.2) is 9.97 Å². The fraction of sp³-hybridized carbons (Fsp3) is 0.692. The Hall–Kier alpha value is -1.16. The number of hydrogen-bond acceptors (Lipinski definition) is 4. The van der Waals surface area contributed by atoms with Crippen molar-refractivity contribution in [2.75, 3.05) is 31.6 Å². The van der Waals surface area contributed by atoms with Crippen LogP contribution in [0, 0.1) is 0 Å². The first-order chi connectivity index (χ1) is 8.31. The van der Waals surface area contributed by atoms with E-state index >= 15 is 0 Å². The monoisotopic (exact) mass is 236 g/mol. The van der Waals surface area contributed by atoms with Gasteiger partial charge in [-0.1, -0.05) is 20.3 Å². The molecule has 0 aliphatic rings. The summed E-state index contributed by atoms with van der Waals surface area (Å²) in [5.74, 6) is 1.06. The van der Waals surface area contributed by atoms with Crippen LogP contribution in [0.3, 0.4) is 0 Å². The number of anilines is 1. The molecule has 0 spiro atoms. The van der Waals surface area contributed by atoms with Gasteiger partial charge < -0.3 is 10.2 Å². The van der Waals surface area contributed by atoms with Gasteiger partial charge in [0.15, 0.2) is 0 Å². The van der Waals surface area contributed by atoms with E-state index in [0.717, 1.165) is 50.4 Å². The highest BCUT2D eigenvalue weighted by Gasteiger charge is 2.07. The molecule has 1 aromatic rings. The van der Waals surface area contributed by atoms with Gasteiger partial charge in [0.25, 0.3) is 0 Å². The molecule has 17 heavy (non-hydrogen) atoms. The molecule has 96 valence electrons. The second kappa shape index (κ2) is 8.01. The van der Waals surface area contributed by atoms with Gasteiger partial charge in [0.1, 0.15) is 12.1 Å². The molecule has 0 unspecified atom stereocenters. The first kappa shape index (κ1) is 13.9. The Morgan fingerprint density at radius 1 is 1.18 bits per heavy atom. The van der Waals surface area contributed by atoms with E-state index in [1.54, 1.807) is 6.33 Å². The summed E-state index contributed by atoms with van der Waals surface area (Å²) < 4.78 is 0. The smallest absolute Gasteiger partial charge is 0.132 e. The van der Waals surface area contributed by atoms with Crippen molar-refractivity contribution >= 4 is 5.82 Å². The van der Waals surface area contributed by atoms with E-state index in [9.17, 15) is 0 Å². The first-order valence-corrected chi connectivity index (χ1v) is 6.52. The minimum Gasteiger partial charge on any atom is -0.355 e. The molecule has 0 aromatic carbocycles. The first-order valence-electron chi connectivity index (χ1n) is 6.52. The predicted molar refractivity (Wildman–Crippen MR) is 72.5 cm³/mol. The Labute approximate surface area is 104 Å². The van der Waals surface area contributed by atoms with Crippen molar-refractivity contribution < 1.29 is 0 Å². The second-order valence-corrected chi connectivity index (χ2v) is 4.21. The van der Waals surface area contributed by atoms with E-state index in [2.05, 4.69) is 40.1 Å². The summed E-state index contributed by atoms with van der Waals surface area (Å²) in [6.45, 7) is 7.39. The summed E-state index contributed by atoms with van der Waals surface area (Å²) in [5, 5.41) is 3.18. The molecule has 0 saturated carbocycles. The maximum Gasteiger partial charge on any atom is 0.132 e. The molecule has 1 aromatic heterocycles. The molecule has 0 atom stereocenters. The summed E-state index contributed by atoms with van der Waals surface area (Å²) >= 11 is 0. The Morgan fingerprint density at radius 2 is 2.00 bits per heavy atom. The molecular formula is C13H24N4. The summed E-state index contributed by atoms with van der Waals surface area (Å²) in [7, 11) is 1.98. The Kier molecular flexibility index (Phi) is 6.55. The van der Waals surface area contributed by atoms with Crippen LogP contribution < -0.4 is 10.2 Å². The second-order valence-electron chi connectivity index (χ2n) is 4.21. The number of aryl methyl sites for hydroxylation is 1. The molecule has 0 radical (unpaired) electrons. The van der Waals surface area contributed by atoms with E-state index in [0.29, 0.717) is 0 Å². The molecule has 4 nitrogen and oxygen atoms in total. The van der Waals surface area contributed by atoms with Gasteiger partial charge in [-0.2, -0.15) is 0 Å². The van der Waals surface area contributed by atoms with Gasteiger partial charge in [0, 0.05) is 31.4 Å². The SMILES string of the molecule is CCCc1cc(N(CCC)CCNC)ncn1. The zero-order chi connectivity index (χ0) is 12.5. The molecule has 0 fully saturated rings. The lowest BCUT2D eigenvalue weighted by molar-refractivity contribution is 0.699. The average Bonchev–Trinajstić information content (AvgIpc) is 2.35. The van der Waals surface area contributed by atoms with Crippen molar-refractivity contribution in [2.45, 2.75) is 33.1 Å². The van der Waals surface area contributed by atoms with Crippen LogP contribution in [0.2, 0.25) is 0 Å². The topological polar surface area (TPSA) is 41.0 Å². The third kappa shape index (κ3) is 4.69. The molecule has 4 heteroatoms. The number of nitrogens with zero attached hydrogens (tertiary/aromatic N) is 3. The number of rotatable bonds is 8. The lowest BCUT2D eigenvalue weighted by Crippen LogP contribution is -2.32. The predicted octanol–water partition coefficient (Wildman–Crippen LogP) is 1.86. The summed E-state index contributed by atoms with van der Waals surface area (Å²) in [4.78, 5) is 11.0. The standard InChI is InChI=1S/C13H24N4/c1-4-6-12-10-13(16-11-15-12)17(8-5-2)9-7-14-3/h10-11,14H,4-9H2,1-3H3. The highest BCUT2D eigenvalue weighted by atomic mass is 15.2. The number of hydrogen-bond donors (Lipinski definition) is 1. The van der Waals surface area contributed by atoms with Gasteiger partial charge in [0.05, 0.1) is 0 Å². The summed E-state index contributed by atoms with van der Waals surface area (Å²) in [5.41, 5.74) is 1.14. The summed E-state index contributed by atoms with van der Waals surface area (Å²) in [6, 6.07) is 2.12. The Morgan fingerprint density at radius 3 is 2.65 bits per heavy atom. The van der Waals surface area contributed by atoms with Gasteiger partial charge in [-0.15, -0.1) is 0 Å². The van der Waals surface area contributed by atoms with Gasteiger partial charge >= 0.3 is 0 Å². The molecular weight excluding hydrogens is 212 g/mol. The van der Waals surface area contributed by atoms with Gasteiger partial charge in [0.2, 0.25) is 0 Å². The summed E-state index contributed by atoms with van der Waals surface area (Å²) in [6.07, 6.45) is 4.97. The van der Waals surface area contributed by atoms with Crippen LogP contribution >= 0.6 is 0 Å². The maximum absolute atomic E-state index is 4.38. The fourth-order valence-electron chi connectivity index (χ4n) is 1.81. The normalized spacial score (nSPS) is 10.5. The molecule has 0 amide bonds. The molecule has 1 N–H and O–H groups in total. The Balaban J connectivity index is 2.73. The van der Waals surface area contributed by atoms with Crippen molar-refractivity contribution in [3.63, 3.8) is 0 Å². The van der Waals surface area contributed by atoms with Crippen molar-refractivity contribution in [1.82, 2.24) is 15.3 Å². The lowest BCUT2D eigenvalue weighted by atomic mass is 10.2. The molecule has 0 saturated heterocycles. The average molecular weight is 236 g/mol. The van der Waals surface area contributed by atoms with Crippen LogP contribution in [0.25, 0.3) is 0 Å². The van der Waals surface area contributed by atoms with Crippen molar-refractivity contribution in [2.24, 2.45) is 0 Å². The highest BCUT2D eigenvalue weighted by Crippen LogP contribution is 2.12. The maximum atomic E-state index is 4.38. The van der Waals surface area contributed by atoms with Gasteiger partial charge in [-0.3, -0.25) is 0 Å². The molecule has 1 rings (SSSR count). The van der Waals surface area contributed by atoms with Crippen LogP contribution in [0.5, 0.6) is 0 Å². The van der Waals surface area contributed by atoms with Gasteiger partial charge in [-0.05, 0) is 19.9 Å². The quantitative estimate of drug-likeness (QED) is 0.748. The molecule has 0 aliphatic heterocycles. The van der Waals surface area contributed by atoms with E-state index in [1.165, 1.54) is 0 Å². The van der Waals surface area contributed by atoms with E-state index < -0.39 is 0 Å².